The Bertz CT molecular complexity index is 882. The van der Waals surface area contributed by atoms with Gasteiger partial charge >= 0.3 is 0 Å². The van der Waals surface area contributed by atoms with E-state index in [1.165, 1.54) is 0 Å². The van der Waals surface area contributed by atoms with E-state index >= 15 is 0 Å². The predicted octanol–water partition coefficient (Wildman–Crippen LogP) is 4.31. The normalized spacial score (nSPS) is 11.7. The molecule has 1 atom stereocenters. The van der Waals surface area contributed by atoms with Crippen molar-refractivity contribution >= 4 is 27.7 Å². The van der Waals surface area contributed by atoms with Crippen LogP contribution < -0.4 is 10.1 Å². The zero-order valence-electron chi connectivity index (χ0n) is 17.7. The second-order valence-corrected chi connectivity index (χ2v) is 8.13. The number of hydrogen-bond donors (Lipinski definition) is 1. The maximum absolute atomic E-state index is 13.0. The summed E-state index contributed by atoms with van der Waals surface area (Å²) < 4.78 is 6.79. The number of nitrogens with one attached hydrogen (secondary N) is 1. The molecule has 0 fully saturated rings. The summed E-state index contributed by atoms with van der Waals surface area (Å²) in [5, 5.41) is 2.79. The van der Waals surface area contributed by atoms with Gasteiger partial charge in [0.05, 0.1) is 0 Å². The van der Waals surface area contributed by atoms with E-state index in [-0.39, 0.29) is 18.4 Å². The highest BCUT2D eigenvalue weighted by molar-refractivity contribution is 9.10. The van der Waals surface area contributed by atoms with Gasteiger partial charge in [0.15, 0.2) is 6.61 Å². The quantitative estimate of drug-likeness (QED) is 0.638. The van der Waals surface area contributed by atoms with Crippen LogP contribution in [-0.2, 0) is 16.1 Å². The third-order valence-electron chi connectivity index (χ3n) is 4.88. The molecular formula is C23H29BrN2O3. The van der Waals surface area contributed by atoms with E-state index in [2.05, 4.69) is 27.3 Å². The van der Waals surface area contributed by atoms with Crippen LogP contribution in [0.25, 0.3) is 0 Å². The summed E-state index contributed by atoms with van der Waals surface area (Å²) >= 11 is 3.46. The topological polar surface area (TPSA) is 58.6 Å². The Kier molecular flexibility index (Phi) is 8.26. The van der Waals surface area contributed by atoms with E-state index in [0.717, 1.165) is 26.7 Å². The first-order valence-electron chi connectivity index (χ1n) is 9.75. The molecule has 2 amide bonds. The van der Waals surface area contributed by atoms with Gasteiger partial charge in [0.2, 0.25) is 5.91 Å². The smallest absolute Gasteiger partial charge is 0.261 e. The second kappa shape index (κ2) is 10.4. The number of likely N-dealkylation sites (N-methyl/N-ethyl adjacent to an activating group) is 1. The number of carbonyl (C=O) groups is 2. The van der Waals surface area contributed by atoms with Gasteiger partial charge in [-0.25, -0.2) is 0 Å². The van der Waals surface area contributed by atoms with E-state index in [9.17, 15) is 9.59 Å². The Hall–Kier alpha value is -2.34. The lowest BCUT2D eigenvalue weighted by Crippen LogP contribution is -2.49. The Balaban J connectivity index is 2.20. The summed E-state index contributed by atoms with van der Waals surface area (Å²) in [5.74, 6) is 0.282. The van der Waals surface area contributed by atoms with Crippen LogP contribution in [0.4, 0.5) is 0 Å². The van der Waals surface area contributed by atoms with Crippen molar-refractivity contribution in [2.45, 2.75) is 47.2 Å². The molecule has 0 bridgehead atoms. The molecule has 0 heterocycles. The van der Waals surface area contributed by atoms with Crippen molar-refractivity contribution in [1.82, 2.24) is 10.2 Å². The van der Waals surface area contributed by atoms with Crippen molar-refractivity contribution in [3.8, 4) is 5.75 Å². The van der Waals surface area contributed by atoms with Crippen molar-refractivity contribution in [2.75, 3.05) is 13.2 Å². The van der Waals surface area contributed by atoms with Crippen molar-refractivity contribution in [3.63, 3.8) is 0 Å². The largest absolute Gasteiger partial charge is 0.483 e. The molecule has 0 spiro atoms. The Labute approximate surface area is 181 Å². The van der Waals surface area contributed by atoms with E-state index in [1.807, 2.05) is 58.0 Å². The van der Waals surface area contributed by atoms with Crippen LogP contribution in [-0.4, -0.2) is 35.9 Å². The highest BCUT2D eigenvalue weighted by Crippen LogP contribution is 2.23. The molecular weight excluding hydrogens is 432 g/mol. The third kappa shape index (κ3) is 6.32. The van der Waals surface area contributed by atoms with Gasteiger partial charge in [-0.1, -0.05) is 34.1 Å². The predicted molar refractivity (Wildman–Crippen MR) is 119 cm³/mol. The van der Waals surface area contributed by atoms with Crippen LogP contribution in [0.15, 0.2) is 40.9 Å². The fourth-order valence-corrected chi connectivity index (χ4v) is 3.56. The lowest BCUT2D eigenvalue weighted by Gasteiger charge is -2.29. The number of carbonyl (C=O) groups excluding carboxylic acids is 2. The van der Waals surface area contributed by atoms with E-state index in [4.69, 9.17) is 4.74 Å². The number of nitrogens with zero attached hydrogens (tertiary/aromatic N) is 1. The minimum Gasteiger partial charge on any atom is -0.483 e. The van der Waals surface area contributed by atoms with Crippen LogP contribution >= 0.6 is 15.9 Å². The van der Waals surface area contributed by atoms with Gasteiger partial charge < -0.3 is 15.0 Å². The highest BCUT2D eigenvalue weighted by Gasteiger charge is 2.26. The van der Waals surface area contributed by atoms with Gasteiger partial charge in [0.25, 0.3) is 5.91 Å². The number of ether oxygens (including phenoxy) is 1. The average molecular weight is 461 g/mol. The summed E-state index contributed by atoms with van der Waals surface area (Å²) in [6.07, 6.45) is 0. The molecule has 0 saturated carbocycles. The summed E-state index contributed by atoms with van der Waals surface area (Å²) in [7, 11) is 0. The van der Waals surface area contributed by atoms with E-state index < -0.39 is 6.04 Å². The van der Waals surface area contributed by atoms with Crippen LogP contribution in [0.2, 0.25) is 0 Å². The fraction of sp³-hybridized carbons (Fsp3) is 0.391. The summed E-state index contributed by atoms with van der Waals surface area (Å²) in [6, 6.07) is 11.1. The van der Waals surface area contributed by atoms with Gasteiger partial charge in [-0.15, -0.1) is 0 Å². The molecule has 0 aliphatic heterocycles. The highest BCUT2D eigenvalue weighted by atomic mass is 79.9. The summed E-state index contributed by atoms with van der Waals surface area (Å²) in [5.41, 5.74) is 4.15. The Morgan fingerprint density at radius 2 is 1.90 bits per heavy atom. The molecule has 6 heteroatoms. The van der Waals surface area contributed by atoms with Gasteiger partial charge in [0, 0.05) is 17.6 Å². The molecule has 156 valence electrons. The molecule has 2 rings (SSSR count). The first kappa shape index (κ1) is 22.9. The second-order valence-electron chi connectivity index (χ2n) is 7.22. The van der Waals surface area contributed by atoms with Crippen molar-refractivity contribution in [2.24, 2.45) is 0 Å². The first-order chi connectivity index (χ1) is 13.7. The molecule has 0 aliphatic carbocycles. The molecule has 2 aromatic rings. The zero-order valence-corrected chi connectivity index (χ0v) is 19.3. The molecule has 2 aromatic carbocycles. The number of rotatable bonds is 8. The molecule has 29 heavy (non-hydrogen) atoms. The molecule has 5 nitrogen and oxygen atoms in total. The maximum Gasteiger partial charge on any atom is 0.261 e. The van der Waals surface area contributed by atoms with Gasteiger partial charge in [-0.3, -0.25) is 9.59 Å². The van der Waals surface area contributed by atoms with Crippen molar-refractivity contribution in [1.29, 1.82) is 0 Å². The van der Waals surface area contributed by atoms with Crippen LogP contribution in [0.5, 0.6) is 5.75 Å². The first-order valence-corrected chi connectivity index (χ1v) is 10.5. The summed E-state index contributed by atoms with van der Waals surface area (Å²) in [6.45, 7) is 10.3. The Morgan fingerprint density at radius 1 is 1.17 bits per heavy atom. The van der Waals surface area contributed by atoms with Crippen LogP contribution in [0, 0.1) is 20.8 Å². The van der Waals surface area contributed by atoms with Crippen molar-refractivity contribution < 1.29 is 14.3 Å². The SMILES string of the molecule is CCNC(=O)[C@H](C)N(Cc1cccc(Br)c1)C(=O)COc1cc(C)cc(C)c1C. The van der Waals surface area contributed by atoms with E-state index in [1.54, 1.807) is 11.8 Å². The van der Waals surface area contributed by atoms with Gasteiger partial charge in [-0.2, -0.15) is 0 Å². The van der Waals surface area contributed by atoms with Crippen LogP contribution in [0.3, 0.4) is 0 Å². The Morgan fingerprint density at radius 3 is 2.55 bits per heavy atom. The average Bonchev–Trinajstić information content (AvgIpc) is 2.67. The number of amides is 2. The monoisotopic (exact) mass is 460 g/mol. The summed E-state index contributed by atoms with van der Waals surface area (Å²) in [4.78, 5) is 27.0. The number of hydrogen-bond acceptors (Lipinski definition) is 3. The van der Waals surface area contributed by atoms with E-state index in [0.29, 0.717) is 18.8 Å². The van der Waals surface area contributed by atoms with Gasteiger partial charge in [-0.05, 0) is 75.1 Å². The third-order valence-corrected chi connectivity index (χ3v) is 5.37. The minimum absolute atomic E-state index is 0.124. The number of benzene rings is 2. The zero-order chi connectivity index (χ0) is 21.6. The molecule has 0 unspecified atom stereocenters. The maximum atomic E-state index is 13.0. The number of aryl methyl sites for hydroxylation is 2. The molecule has 0 saturated heterocycles. The van der Waals surface area contributed by atoms with Crippen molar-refractivity contribution in [3.05, 3.63) is 63.1 Å². The lowest BCUT2D eigenvalue weighted by atomic mass is 10.1. The lowest BCUT2D eigenvalue weighted by molar-refractivity contribution is -0.142. The molecule has 1 N–H and O–H groups in total. The van der Waals surface area contributed by atoms with Crippen LogP contribution in [0.1, 0.15) is 36.1 Å². The fourth-order valence-electron chi connectivity index (χ4n) is 3.11. The van der Waals surface area contributed by atoms with Gasteiger partial charge in [0.1, 0.15) is 11.8 Å². The minimum atomic E-state index is -0.606. The molecule has 0 aliphatic rings. The number of halogens is 1. The standard InChI is InChI=1S/C23H29BrN2O3/c1-6-25-23(28)18(5)26(13-19-8-7-9-20(24)12-19)22(27)14-29-21-11-15(2)10-16(3)17(21)4/h7-12,18H,6,13-14H2,1-5H3,(H,25,28)/t18-/m0/s1. The molecule has 0 aromatic heterocycles. The molecule has 0 radical (unpaired) electrons.